The summed E-state index contributed by atoms with van der Waals surface area (Å²) in [6.45, 7) is 4.58. The van der Waals surface area contributed by atoms with Crippen molar-refractivity contribution in [2.24, 2.45) is 11.8 Å². The Bertz CT molecular complexity index is 208. The molecule has 88 valence electrons. The predicted octanol–water partition coefficient (Wildman–Crippen LogP) is 3.32. The zero-order chi connectivity index (χ0) is 11.1. The lowest BCUT2D eigenvalue weighted by Gasteiger charge is -2.28. The van der Waals surface area contributed by atoms with E-state index < -0.39 is 8.56 Å². The molecule has 4 atom stereocenters. The Morgan fingerprint density at radius 3 is 1.53 bits per heavy atom. The molecular weight excluding hydrogens is 204 g/mol. The third kappa shape index (κ3) is 1.79. The van der Waals surface area contributed by atoms with E-state index in [1.165, 1.54) is 25.7 Å². The third-order valence-corrected chi connectivity index (χ3v) is 9.32. The van der Waals surface area contributed by atoms with Crippen LogP contribution in [0.1, 0.15) is 39.5 Å². The molecule has 2 aliphatic carbocycles. The van der Waals surface area contributed by atoms with Crippen LogP contribution in [0.3, 0.4) is 0 Å². The first kappa shape index (κ1) is 11.6. The van der Waals surface area contributed by atoms with Gasteiger partial charge in [-0.15, -0.1) is 0 Å². The Balaban J connectivity index is 2.04. The van der Waals surface area contributed by atoms with Gasteiger partial charge < -0.3 is 8.85 Å². The molecule has 2 aliphatic rings. The summed E-state index contributed by atoms with van der Waals surface area (Å²) in [5, 5.41) is 0. The van der Waals surface area contributed by atoms with Gasteiger partial charge in [0.1, 0.15) is 0 Å². The fourth-order valence-electron chi connectivity index (χ4n) is 3.35. The molecule has 0 bridgehead atoms. The van der Waals surface area contributed by atoms with Gasteiger partial charge in [-0.05, 0) is 24.7 Å². The van der Waals surface area contributed by atoms with Gasteiger partial charge in [-0.1, -0.05) is 26.7 Å². The molecule has 0 heterocycles. The van der Waals surface area contributed by atoms with Crippen LogP contribution in [0.2, 0.25) is 11.1 Å². The average Bonchev–Trinajstić information content (AvgIpc) is 3.15. The van der Waals surface area contributed by atoms with Crippen LogP contribution in [0.15, 0.2) is 0 Å². The molecule has 2 nitrogen and oxygen atoms in total. The highest BCUT2D eigenvalue weighted by atomic mass is 28.4. The molecule has 0 aromatic heterocycles. The van der Waals surface area contributed by atoms with Gasteiger partial charge in [-0.2, -0.15) is 0 Å². The largest absolute Gasteiger partial charge is 0.397 e. The van der Waals surface area contributed by atoms with Crippen LogP contribution in [0.4, 0.5) is 0 Å². The minimum absolute atomic E-state index is 0.791. The zero-order valence-electron chi connectivity index (χ0n) is 10.5. The lowest BCUT2D eigenvalue weighted by atomic mass is 10.3. The van der Waals surface area contributed by atoms with E-state index in [9.17, 15) is 0 Å². The first-order chi connectivity index (χ1) is 7.23. The summed E-state index contributed by atoms with van der Waals surface area (Å²) in [6.07, 6.45) is 5.32. The molecule has 0 N–H and O–H groups in total. The quantitative estimate of drug-likeness (QED) is 0.649. The molecule has 2 saturated carbocycles. The van der Waals surface area contributed by atoms with E-state index in [4.69, 9.17) is 8.85 Å². The molecule has 0 saturated heterocycles. The summed E-state index contributed by atoms with van der Waals surface area (Å²) in [4.78, 5) is 0. The summed E-state index contributed by atoms with van der Waals surface area (Å²) in [7, 11) is 1.92. The smallest absolute Gasteiger partial charge is 0.344 e. The van der Waals surface area contributed by atoms with E-state index in [-0.39, 0.29) is 0 Å². The van der Waals surface area contributed by atoms with Gasteiger partial charge >= 0.3 is 8.56 Å². The summed E-state index contributed by atoms with van der Waals surface area (Å²) in [5.74, 6) is 1.80. The second-order valence-corrected chi connectivity index (χ2v) is 8.89. The zero-order valence-corrected chi connectivity index (χ0v) is 11.5. The SMILES string of the molecule is CCC1CC1[Si](OC)(OC)C1CC1CC. The van der Waals surface area contributed by atoms with Crippen molar-refractivity contribution in [1.29, 1.82) is 0 Å². The highest BCUT2D eigenvalue weighted by Crippen LogP contribution is 2.65. The highest BCUT2D eigenvalue weighted by molar-refractivity contribution is 6.72. The predicted molar refractivity (Wildman–Crippen MR) is 64.1 cm³/mol. The molecule has 3 heteroatoms. The van der Waals surface area contributed by atoms with Crippen LogP contribution in [0.5, 0.6) is 0 Å². The molecule has 15 heavy (non-hydrogen) atoms. The van der Waals surface area contributed by atoms with E-state index >= 15 is 0 Å². The maximum Gasteiger partial charge on any atom is 0.344 e. The van der Waals surface area contributed by atoms with Crippen LogP contribution in [-0.2, 0) is 8.85 Å². The van der Waals surface area contributed by atoms with Crippen LogP contribution >= 0.6 is 0 Å². The van der Waals surface area contributed by atoms with Gasteiger partial charge in [0.05, 0.1) is 0 Å². The summed E-state index contributed by atoms with van der Waals surface area (Å²) in [6, 6.07) is 0. The van der Waals surface area contributed by atoms with Crippen molar-refractivity contribution in [3.8, 4) is 0 Å². The molecule has 0 aromatic carbocycles. The normalized spacial score (nSPS) is 39.2. The van der Waals surface area contributed by atoms with Crippen molar-refractivity contribution >= 4 is 8.56 Å². The molecule has 4 unspecified atom stereocenters. The molecule has 0 aromatic rings. The second kappa shape index (κ2) is 4.19. The van der Waals surface area contributed by atoms with Crippen molar-refractivity contribution in [1.82, 2.24) is 0 Å². The van der Waals surface area contributed by atoms with Gasteiger partial charge in [0.15, 0.2) is 0 Å². The highest BCUT2D eigenvalue weighted by Gasteiger charge is 2.66. The van der Waals surface area contributed by atoms with Gasteiger partial charge in [0, 0.05) is 25.3 Å². The molecule has 2 fully saturated rings. The van der Waals surface area contributed by atoms with Crippen molar-refractivity contribution < 1.29 is 8.85 Å². The number of hydrogen-bond acceptors (Lipinski definition) is 2. The summed E-state index contributed by atoms with van der Waals surface area (Å²) in [5.41, 5.74) is 1.58. The molecular formula is C12H24O2Si. The van der Waals surface area contributed by atoms with E-state index in [1.54, 1.807) is 0 Å². The Labute approximate surface area is 94.6 Å². The minimum Gasteiger partial charge on any atom is -0.397 e. The number of hydrogen-bond donors (Lipinski definition) is 0. The first-order valence-corrected chi connectivity index (χ1v) is 8.30. The maximum absolute atomic E-state index is 5.92. The van der Waals surface area contributed by atoms with Crippen molar-refractivity contribution in [3.63, 3.8) is 0 Å². The third-order valence-electron chi connectivity index (χ3n) is 4.57. The number of rotatable bonds is 6. The van der Waals surface area contributed by atoms with Gasteiger partial charge in [-0.3, -0.25) is 0 Å². The standard InChI is InChI=1S/C12H24O2Si/c1-5-9-7-11(9)15(13-3,14-4)12-8-10(12)6-2/h9-12H,5-8H2,1-4H3. The lowest BCUT2D eigenvalue weighted by Crippen LogP contribution is -2.42. The summed E-state index contributed by atoms with van der Waals surface area (Å²) >= 11 is 0. The second-order valence-electron chi connectivity index (χ2n) is 5.15. The van der Waals surface area contributed by atoms with Gasteiger partial charge in [0.2, 0.25) is 0 Å². The first-order valence-electron chi connectivity index (χ1n) is 6.33. The topological polar surface area (TPSA) is 18.5 Å². The average molecular weight is 228 g/mol. The van der Waals surface area contributed by atoms with Gasteiger partial charge in [0.25, 0.3) is 0 Å². The molecule has 0 radical (unpaired) electrons. The van der Waals surface area contributed by atoms with Crippen LogP contribution < -0.4 is 0 Å². The fourth-order valence-corrected chi connectivity index (χ4v) is 8.32. The molecule has 2 rings (SSSR count). The minimum atomic E-state index is -1.84. The van der Waals surface area contributed by atoms with E-state index in [0.29, 0.717) is 0 Å². The molecule has 0 aliphatic heterocycles. The Kier molecular flexibility index (Phi) is 3.24. The van der Waals surface area contributed by atoms with E-state index in [0.717, 1.165) is 22.9 Å². The lowest BCUT2D eigenvalue weighted by molar-refractivity contribution is 0.233. The summed E-state index contributed by atoms with van der Waals surface area (Å²) < 4.78 is 11.8. The van der Waals surface area contributed by atoms with Gasteiger partial charge in [-0.25, -0.2) is 0 Å². The van der Waals surface area contributed by atoms with E-state index in [2.05, 4.69) is 13.8 Å². The van der Waals surface area contributed by atoms with Crippen molar-refractivity contribution in [2.45, 2.75) is 50.6 Å². The van der Waals surface area contributed by atoms with Crippen molar-refractivity contribution in [2.75, 3.05) is 14.2 Å². The molecule has 0 spiro atoms. The van der Waals surface area contributed by atoms with E-state index in [1.807, 2.05) is 14.2 Å². The van der Waals surface area contributed by atoms with Crippen LogP contribution in [0.25, 0.3) is 0 Å². The maximum atomic E-state index is 5.92. The Hall–Kier alpha value is 0.137. The monoisotopic (exact) mass is 228 g/mol. The van der Waals surface area contributed by atoms with Crippen LogP contribution in [0, 0.1) is 11.8 Å². The molecule has 0 amide bonds. The van der Waals surface area contributed by atoms with Crippen molar-refractivity contribution in [3.05, 3.63) is 0 Å². The fraction of sp³-hybridized carbons (Fsp3) is 1.00. The Morgan fingerprint density at radius 2 is 1.33 bits per heavy atom. The van der Waals surface area contributed by atoms with Crippen LogP contribution in [-0.4, -0.2) is 22.8 Å². The Morgan fingerprint density at radius 1 is 0.933 bits per heavy atom.